The van der Waals surface area contributed by atoms with Crippen molar-refractivity contribution in [3.05, 3.63) is 99.4 Å². The van der Waals surface area contributed by atoms with Gasteiger partial charge < -0.3 is 15.8 Å². The zero-order valence-electron chi connectivity index (χ0n) is 22.3. The maximum Gasteiger partial charge on any atom is 0.326 e. The molecule has 0 atom stereocenters. The molecule has 1 aliphatic carbocycles. The third-order valence-electron chi connectivity index (χ3n) is 7.08. The van der Waals surface area contributed by atoms with Crippen molar-refractivity contribution in [2.75, 3.05) is 12.3 Å². The number of hydrogen-bond acceptors (Lipinski definition) is 5. The predicted molar refractivity (Wildman–Crippen MR) is 145 cm³/mol. The average molecular weight is 558 g/mol. The summed E-state index contributed by atoms with van der Waals surface area (Å²) in [5.74, 6) is -4.54. The Hall–Kier alpha value is -3.92. The number of nitrogens with one attached hydrogen (secondary N) is 1. The van der Waals surface area contributed by atoms with Crippen LogP contribution in [0.15, 0.2) is 53.8 Å². The van der Waals surface area contributed by atoms with Gasteiger partial charge in [0.15, 0.2) is 11.6 Å². The van der Waals surface area contributed by atoms with Gasteiger partial charge in [0.2, 0.25) is 0 Å². The molecule has 3 aromatic rings. The molecule has 1 aliphatic rings. The number of nitrogen functional groups attached to an aromatic ring is 1. The molecule has 0 bridgehead atoms. The van der Waals surface area contributed by atoms with Crippen LogP contribution in [0.25, 0.3) is 11.3 Å². The van der Waals surface area contributed by atoms with E-state index in [1.54, 1.807) is 13.8 Å². The van der Waals surface area contributed by atoms with Gasteiger partial charge in [0.1, 0.15) is 34.8 Å². The summed E-state index contributed by atoms with van der Waals surface area (Å²) < 4.78 is 64.4. The molecule has 0 amide bonds. The van der Waals surface area contributed by atoms with Crippen LogP contribution in [-0.2, 0) is 16.0 Å². The molecule has 0 unspecified atom stereocenters. The molecule has 4 rings (SSSR count). The number of anilines is 1. The van der Waals surface area contributed by atoms with Gasteiger partial charge in [-0.05, 0) is 87.4 Å². The molecule has 0 spiro atoms. The fourth-order valence-electron chi connectivity index (χ4n) is 4.79. The van der Waals surface area contributed by atoms with E-state index >= 15 is 8.78 Å². The Morgan fingerprint density at radius 2 is 1.65 bits per heavy atom. The van der Waals surface area contributed by atoms with Crippen LogP contribution in [0.2, 0.25) is 0 Å². The molecule has 1 saturated carbocycles. The molecule has 1 fully saturated rings. The summed E-state index contributed by atoms with van der Waals surface area (Å²) in [5, 5.41) is 3.07. The standard InChI is InChI=1S/C30H31F4N3O3/c1-17(21-9-8-19(31)16-23(21)32)22-10-11-26(38)37(28(22)35)27-24(33)14-18(15-25(27)34)12-13-36-30(2,3)29(39)40-20-6-4-5-7-20/h8-11,14-16,20,36H,1,4-7,12-13,35H2,2-3H3. The minimum atomic E-state index is -1.04. The van der Waals surface area contributed by atoms with E-state index in [4.69, 9.17) is 10.5 Å². The molecule has 0 aliphatic heterocycles. The smallest absolute Gasteiger partial charge is 0.326 e. The predicted octanol–water partition coefficient (Wildman–Crippen LogP) is 5.43. The zero-order valence-corrected chi connectivity index (χ0v) is 22.3. The van der Waals surface area contributed by atoms with Crippen molar-refractivity contribution in [3.63, 3.8) is 0 Å². The van der Waals surface area contributed by atoms with Gasteiger partial charge in [0.25, 0.3) is 5.56 Å². The number of hydrogen-bond donors (Lipinski definition) is 2. The van der Waals surface area contributed by atoms with E-state index < -0.39 is 40.1 Å². The fraction of sp³-hybridized carbons (Fsp3) is 0.333. The molecule has 6 nitrogen and oxygen atoms in total. The first-order valence-electron chi connectivity index (χ1n) is 13.0. The van der Waals surface area contributed by atoms with Gasteiger partial charge in [0.05, 0.1) is 0 Å². The highest BCUT2D eigenvalue weighted by Crippen LogP contribution is 2.30. The lowest BCUT2D eigenvalue weighted by atomic mass is 9.99. The molecular formula is C30H31F4N3O3. The Bertz CT molecular complexity index is 1490. The Morgan fingerprint density at radius 3 is 2.27 bits per heavy atom. The van der Waals surface area contributed by atoms with Crippen molar-refractivity contribution in [1.29, 1.82) is 0 Å². The Labute approximate surface area is 229 Å². The van der Waals surface area contributed by atoms with E-state index in [0.717, 1.165) is 56.0 Å². The quantitative estimate of drug-likeness (QED) is 0.271. The first-order chi connectivity index (χ1) is 18.9. The largest absolute Gasteiger partial charge is 0.461 e. The molecule has 0 saturated heterocycles. The molecule has 1 heterocycles. The number of pyridine rings is 1. The molecule has 2 aromatic carbocycles. The molecule has 1 aromatic heterocycles. The average Bonchev–Trinajstić information content (AvgIpc) is 3.38. The zero-order chi connectivity index (χ0) is 29.2. The molecule has 0 radical (unpaired) electrons. The molecule has 3 N–H and O–H groups in total. The van der Waals surface area contributed by atoms with Crippen molar-refractivity contribution in [2.45, 2.75) is 57.6 Å². The topological polar surface area (TPSA) is 86.3 Å². The second kappa shape index (κ2) is 11.7. The van der Waals surface area contributed by atoms with E-state index in [9.17, 15) is 18.4 Å². The number of benzene rings is 2. The van der Waals surface area contributed by atoms with E-state index in [0.29, 0.717) is 10.6 Å². The summed E-state index contributed by atoms with van der Waals surface area (Å²) in [6, 6.07) is 7.30. The van der Waals surface area contributed by atoms with Gasteiger partial charge in [-0.15, -0.1) is 0 Å². The van der Waals surface area contributed by atoms with Crippen molar-refractivity contribution in [3.8, 4) is 5.69 Å². The van der Waals surface area contributed by atoms with Crippen molar-refractivity contribution in [1.82, 2.24) is 9.88 Å². The summed E-state index contributed by atoms with van der Waals surface area (Å²) in [6.45, 7) is 7.37. The Morgan fingerprint density at radius 1 is 1.02 bits per heavy atom. The van der Waals surface area contributed by atoms with Crippen LogP contribution < -0.4 is 16.6 Å². The Kier molecular flexibility index (Phi) is 8.48. The molecule has 40 heavy (non-hydrogen) atoms. The van der Waals surface area contributed by atoms with Crippen LogP contribution in [0.3, 0.4) is 0 Å². The highest BCUT2D eigenvalue weighted by Gasteiger charge is 2.31. The van der Waals surface area contributed by atoms with Gasteiger partial charge in [0, 0.05) is 29.8 Å². The Balaban J connectivity index is 1.54. The SMILES string of the molecule is C=C(c1ccc(F)cc1F)c1ccc(=O)n(-c2c(F)cc(CCNC(C)(C)C(=O)OC3CCCC3)cc2F)c1N. The van der Waals surface area contributed by atoms with Gasteiger partial charge in [-0.2, -0.15) is 0 Å². The number of nitrogens with zero attached hydrogens (tertiary/aromatic N) is 1. The van der Waals surface area contributed by atoms with Crippen LogP contribution in [0, 0.1) is 23.3 Å². The number of carbonyl (C=O) groups is 1. The van der Waals surface area contributed by atoms with Crippen LogP contribution >= 0.6 is 0 Å². The maximum atomic E-state index is 15.3. The van der Waals surface area contributed by atoms with Crippen LogP contribution in [0.5, 0.6) is 0 Å². The normalized spacial score (nSPS) is 13.9. The van der Waals surface area contributed by atoms with Gasteiger partial charge in [-0.25, -0.2) is 17.6 Å². The minimum Gasteiger partial charge on any atom is -0.461 e. The lowest BCUT2D eigenvalue weighted by Gasteiger charge is -2.26. The van der Waals surface area contributed by atoms with Crippen LogP contribution in [-0.4, -0.2) is 28.7 Å². The highest BCUT2D eigenvalue weighted by molar-refractivity contribution is 5.83. The number of nitrogens with two attached hydrogens (primary N) is 1. The minimum absolute atomic E-state index is 0.00123. The van der Waals surface area contributed by atoms with Crippen molar-refractivity contribution < 1.29 is 27.1 Å². The summed E-state index contributed by atoms with van der Waals surface area (Å²) in [7, 11) is 0. The maximum absolute atomic E-state index is 15.3. The summed E-state index contributed by atoms with van der Waals surface area (Å²) in [6.07, 6.45) is 3.86. The highest BCUT2D eigenvalue weighted by atomic mass is 19.1. The van der Waals surface area contributed by atoms with Crippen LogP contribution in [0.4, 0.5) is 23.4 Å². The third kappa shape index (κ3) is 6.12. The third-order valence-corrected chi connectivity index (χ3v) is 7.08. The van der Waals surface area contributed by atoms with E-state index in [1.165, 1.54) is 6.07 Å². The monoisotopic (exact) mass is 557 g/mol. The number of esters is 1. The second-order valence-corrected chi connectivity index (χ2v) is 10.4. The van der Waals surface area contributed by atoms with Crippen LogP contribution in [0.1, 0.15) is 56.2 Å². The lowest BCUT2D eigenvalue weighted by Crippen LogP contribution is -2.49. The fourth-order valence-corrected chi connectivity index (χ4v) is 4.79. The molecule has 10 heteroatoms. The van der Waals surface area contributed by atoms with Gasteiger partial charge in [-0.1, -0.05) is 6.58 Å². The first kappa shape index (κ1) is 29.1. The summed E-state index contributed by atoms with van der Waals surface area (Å²) in [4.78, 5) is 25.2. The first-order valence-corrected chi connectivity index (χ1v) is 13.0. The van der Waals surface area contributed by atoms with Gasteiger partial charge in [-0.3, -0.25) is 14.2 Å². The lowest BCUT2D eigenvalue weighted by molar-refractivity contribution is -0.155. The van der Waals surface area contributed by atoms with Crippen molar-refractivity contribution in [2.24, 2.45) is 0 Å². The second-order valence-electron chi connectivity index (χ2n) is 10.4. The number of ether oxygens (including phenoxy) is 1. The summed E-state index contributed by atoms with van der Waals surface area (Å²) in [5.41, 5.74) is 3.88. The van der Waals surface area contributed by atoms with Crippen molar-refractivity contribution >= 4 is 17.4 Å². The summed E-state index contributed by atoms with van der Waals surface area (Å²) >= 11 is 0. The van der Waals surface area contributed by atoms with E-state index in [-0.39, 0.29) is 53.1 Å². The number of carbonyl (C=O) groups excluding carboxylic acids is 1. The van der Waals surface area contributed by atoms with E-state index in [1.807, 2.05) is 0 Å². The number of rotatable bonds is 9. The van der Waals surface area contributed by atoms with Gasteiger partial charge >= 0.3 is 5.97 Å². The molecular weight excluding hydrogens is 526 g/mol. The van der Waals surface area contributed by atoms with E-state index in [2.05, 4.69) is 11.9 Å². The molecule has 212 valence electrons. The number of aromatic nitrogens is 1. The number of halogens is 4.